The van der Waals surface area contributed by atoms with Gasteiger partial charge in [-0.1, -0.05) is 35.3 Å². The fourth-order valence-electron chi connectivity index (χ4n) is 2.49. The number of carboxylic acids is 1. The molecule has 0 bridgehead atoms. The molecule has 3 rings (SSSR count). The Kier molecular flexibility index (Phi) is 5.23. The molecule has 0 radical (unpaired) electrons. The van der Waals surface area contributed by atoms with Crippen molar-refractivity contribution in [2.45, 2.75) is 13.2 Å². The Bertz CT molecular complexity index is 731. The van der Waals surface area contributed by atoms with Gasteiger partial charge in [0.1, 0.15) is 6.61 Å². The van der Waals surface area contributed by atoms with Gasteiger partial charge in [-0.25, -0.2) is 4.98 Å². The summed E-state index contributed by atoms with van der Waals surface area (Å²) in [5.74, 6) is -0.445. The van der Waals surface area contributed by atoms with Crippen LogP contribution < -0.4 is 4.74 Å². The van der Waals surface area contributed by atoms with Crippen molar-refractivity contribution in [3.05, 3.63) is 57.7 Å². The van der Waals surface area contributed by atoms with E-state index < -0.39 is 5.97 Å². The van der Waals surface area contributed by atoms with Gasteiger partial charge in [0, 0.05) is 31.9 Å². The summed E-state index contributed by atoms with van der Waals surface area (Å²) < 4.78 is 5.63. The number of carboxylic acid groups (broad SMARTS) is 1. The second-order valence-electron chi connectivity index (χ2n) is 5.77. The summed E-state index contributed by atoms with van der Waals surface area (Å²) in [6, 6.07) is 9.09. The molecule has 1 aliphatic heterocycles. The highest BCUT2D eigenvalue weighted by Gasteiger charge is 2.32. The highest BCUT2D eigenvalue weighted by Crippen LogP contribution is 2.23. The number of nitrogens with zero attached hydrogens (tertiary/aromatic N) is 2. The van der Waals surface area contributed by atoms with Crippen molar-refractivity contribution in [3.8, 4) is 5.88 Å². The normalized spacial score (nSPS) is 15.1. The molecule has 1 aliphatic rings. The molecule has 1 aromatic heterocycles. The fraction of sp³-hybridized carbons (Fsp3) is 0.294. The molecule has 0 saturated carbocycles. The monoisotopic (exact) mass is 366 g/mol. The van der Waals surface area contributed by atoms with E-state index in [1.165, 1.54) is 0 Å². The number of aromatic nitrogens is 1. The summed E-state index contributed by atoms with van der Waals surface area (Å²) in [6.07, 6.45) is 1.75. The van der Waals surface area contributed by atoms with E-state index in [9.17, 15) is 4.79 Å². The third-order valence-corrected chi connectivity index (χ3v) is 4.62. The topological polar surface area (TPSA) is 62.7 Å². The highest BCUT2D eigenvalue weighted by molar-refractivity contribution is 6.42. The molecule has 1 fully saturated rings. The number of halogens is 2. The lowest BCUT2D eigenvalue weighted by molar-refractivity contribution is -0.147. The molecule has 0 unspecified atom stereocenters. The molecule has 1 saturated heterocycles. The molecule has 0 atom stereocenters. The van der Waals surface area contributed by atoms with E-state index in [2.05, 4.69) is 9.88 Å². The van der Waals surface area contributed by atoms with Crippen LogP contribution in [-0.4, -0.2) is 34.0 Å². The minimum absolute atomic E-state index is 0.244. The van der Waals surface area contributed by atoms with Gasteiger partial charge in [0.25, 0.3) is 0 Å². The van der Waals surface area contributed by atoms with Gasteiger partial charge in [-0.15, -0.1) is 0 Å². The average Bonchev–Trinajstić information content (AvgIpc) is 2.52. The maximum absolute atomic E-state index is 10.8. The standard InChI is InChI=1S/C17H16Cl2N2O3/c18-14-3-1-11(5-15(14)19)10-24-16-4-2-12(6-20-16)7-21-8-13(9-21)17(22)23/h1-6,13H,7-10H2,(H,22,23). The molecule has 1 aromatic carbocycles. The number of hydrogen-bond acceptors (Lipinski definition) is 4. The molecule has 2 heterocycles. The summed E-state index contributed by atoms with van der Waals surface area (Å²) in [4.78, 5) is 17.1. The van der Waals surface area contributed by atoms with E-state index >= 15 is 0 Å². The molecule has 7 heteroatoms. The van der Waals surface area contributed by atoms with Crippen molar-refractivity contribution in [2.75, 3.05) is 13.1 Å². The summed E-state index contributed by atoms with van der Waals surface area (Å²) in [5, 5.41) is 9.88. The van der Waals surface area contributed by atoms with Crippen LogP contribution in [0.1, 0.15) is 11.1 Å². The third-order valence-electron chi connectivity index (χ3n) is 3.88. The van der Waals surface area contributed by atoms with Crippen LogP contribution in [-0.2, 0) is 17.9 Å². The first kappa shape index (κ1) is 17.0. The predicted molar refractivity (Wildman–Crippen MR) is 91.4 cm³/mol. The van der Waals surface area contributed by atoms with Crippen molar-refractivity contribution in [1.29, 1.82) is 0 Å². The van der Waals surface area contributed by atoms with Crippen molar-refractivity contribution in [3.63, 3.8) is 0 Å². The number of aliphatic carboxylic acids is 1. The van der Waals surface area contributed by atoms with Crippen LogP contribution >= 0.6 is 23.2 Å². The van der Waals surface area contributed by atoms with E-state index in [1.807, 2.05) is 12.1 Å². The van der Waals surface area contributed by atoms with Crippen LogP contribution in [0.4, 0.5) is 0 Å². The maximum Gasteiger partial charge on any atom is 0.309 e. The lowest BCUT2D eigenvalue weighted by Crippen LogP contribution is -2.49. The van der Waals surface area contributed by atoms with E-state index in [0.29, 0.717) is 42.2 Å². The first-order valence-electron chi connectivity index (χ1n) is 7.48. The Morgan fingerprint density at radius 2 is 1.96 bits per heavy atom. The van der Waals surface area contributed by atoms with Crippen LogP contribution in [0.5, 0.6) is 5.88 Å². The molecule has 24 heavy (non-hydrogen) atoms. The Morgan fingerprint density at radius 3 is 2.58 bits per heavy atom. The first-order chi connectivity index (χ1) is 11.5. The molecule has 126 valence electrons. The van der Waals surface area contributed by atoms with E-state index in [-0.39, 0.29) is 5.92 Å². The number of carbonyl (C=O) groups is 1. The first-order valence-corrected chi connectivity index (χ1v) is 8.23. The average molecular weight is 367 g/mol. The summed E-state index contributed by atoms with van der Waals surface area (Å²) in [5.41, 5.74) is 1.94. The van der Waals surface area contributed by atoms with Gasteiger partial charge in [-0.3, -0.25) is 9.69 Å². The molecule has 0 amide bonds. The van der Waals surface area contributed by atoms with Crippen LogP contribution in [0.2, 0.25) is 10.0 Å². The molecular formula is C17H16Cl2N2O3. The minimum atomic E-state index is -0.726. The number of ether oxygens (including phenoxy) is 1. The Balaban J connectivity index is 1.49. The number of rotatable bonds is 6. The van der Waals surface area contributed by atoms with Gasteiger partial charge in [-0.2, -0.15) is 0 Å². The Labute approximate surface area is 149 Å². The smallest absolute Gasteiger partial charge is 0.309 e. The zero-order chi connectivity index (χ0) is 17.1. The maximum atomic E-state index is 10.8. The highest BCUT2D eigenvalue weighted by atomic mass is 35.5. The SMILES string of the molecule is O=C(O)C1CN(Cc2ccc(OCc3ccc(Cl)c(Cl)c3)nc2)C1. The van der Waals surface area contributed by atoms with E-state index in [1.54, 1.807) is 24.4 Å². The van der Waals surface area contributed by atoms with Crippen molar-refractivity contribution < 1.29 is 14.6 Å². The summed E-state index contributed by atoms with van der Waals surface area (Å²) in [6.45, 7) is 2.23. The van der Waals surface area contributed by atoms with E-state index in [4.69, 9.17) is 33.0 Å². The number of hydrogen-bond donors (Lipinski definition) is 1. The molecule has 0 aliphatic carbocycles. The molecule has 2 aromatic rings. The lowest BCUT2D eigenvalue weighted by Gasteiger charge is -2.36. The van der Waals surface area contributed by atoms with Crippen LogP contribution in [0.15, 0.2) is 36.5 Å². The largest absolute Gasteiger partial charge is 0.481 e. The zero-order valence-corrected chi connectivity index (χ0v) is 14.3. The number of benzene rings is 1. The van der Waals surface area contributed by atoms with Gasteiger partial charge in [0.15, 0.2) is 0 Å². The van der Waals surface area contributed by atoms with Crippen LogP contribution in [0, 0.1) is 5.92 Å². The van der Waals surface area contributed by atoms with Gasteiger partial charge < -0.3 is 9.84 Å². The van der Waals surface area contributed by atoms with E-state index in [0.717, 1.165) is 11.1 Å². The minimum Gasteiger partial charge on any atom is -0.481 e. The van der Waals surface area contributed by atoms with Gasteiger partial charge >= 0.3 is 5.97 Å². The zero-order valence-electron chi connectivity index (χ0n) is 12.8. The predicted octanol–water partition coefficient (Wildman–Crippen LogP) is 3.48. The van der Waals surface area contributed by atoms with Crippen LogP contribution in [0.3, 0.4) is 0 Å². The second kappa shape index (κ2) is 7.38. The number of pyridine rings is 1. The Hall–Kier alpha value is -1.82. The van der Waals surface area contributed by atoms with Crippen molar-refractivity contribution in [2.24, 2.45) is 5.92 Å². The van der Waals surface area contributed by atoms with Gasteiger partial charge in [0.05, 0.1) is 16.0 Å². The molecule has 1 N–H and O–H groups in total. The Morgan fingerprint density at radius 1 is 1.21 bits per heavy atom. The fourth-order valence-corrected chi connectivity index (χ4v) is 2.81. The molecular weight excluding hydrogens is 351 g/mol. The molecule has 0 spiro atoms. The van der Waals surface area contributed by atoms with Crippen molar-refractivity contribution in [1.82, 2.24) is 9.88 Å². The second-order valence-corrected chi connectivity index (χ2v) is 6.59. The van der Waals surface area contributed by atoms with Gasteiger partial charge in [0.2, 0.25) is 5.88 Å². The van der Waals surface area contributed by atoms with Crippen LogP contribution in [0.25, 0.3) is 0 Å². The quantitative estimate of drug-likeness (QED) is 0.847. The lowest BCUT2D eigenvalue weighted by atomic mass is 10.00. The summed E-state index contributed by atoms with van der Waals surface area (Å²) >= 11 is 11.8. The van der Waals surface area contributed by atoms with Crippen molar-refractivity contribution >= 4 is 29.2 Å². The number of likely N-dealkylation sites (tertiary alicyclic amines) is 1. The molecule has 5 nitrogen and oxygen atoms in total. The summed E-state index contributed by atoms with van der Waals surface area (Å²) in [7, 11) is 0. The van der Waals surface area contributed by atoms with Gasteiger partial charge in [-0.05, 0) is 23.3 Å². The third kappa shape index (κ3) is 4.17.